The Bertz CT molecular complexity index is 666. The van der Waals surface area contributed by atoms with E-state index in [9.17, 15) is 13.6 Å². The van der Waals surface area contributed by atoms with Crippen molar-refractivity contribution >= 4 is 29.7 Å². The molecule has 1 aromatic carbocycles. The van der Waals surface area contributed by atoms with E-state index in [2.05, 4.69) is 10.3 Å². The third-order valence-corrected chi connectivity index (χ3v) is 4.10. The average Bonchev–Trinajstić information content (AvgIpc) is 2.96. The van der Waals surface area contributed by atoms with E-state index in [1.165, 1.54) is 11.3 Å². The summed E-state index contributed by atoms with van der Waals surface area (Å²) in [4.78, 5) is 16.4. The number of hydrogen-bond donors (Lipinski definition) is 2. The normalized spacial score (nSPS) is 11.7. The van der Waals surface area contributed by atoms with Crippen molar-refractivity contribution < 1.29 is 13.6 Å². The van der Waals surface area contributed by atoms with Crippen LogP contribution in [0.25, 0.3) is 0 Å². The molecule has 8 heteroatoms. The number of hydrogen-bond acceptors (Lipinski definition) is 4. The first-order valence-electron chi connectivity index (χ1n) is 6.95. The van der Waals surface area contributed by atoms with Crippen LogP contribution < -0.4 is 11.1 Å². The predicted molar refractivity (Wildman–Crippen MR) is 89.0 cm³/mol. The van der Waals surface area contributed by atoms with Crippen LogP contribution in [0.4, 0.5) is 8.78 Å². The summed E-state index contributed by atoms with van der Waals surface area (Å²) < 4.78 is 27.1. The smallest absolute Gasteiger partial charge is 0.271 e. The highest BCUT2D eigenvalue weighted by molar-refractivity contribution is 7.09. The molecule has 2 rings (SSSR count). The molecule has 0 bridgehead atoms. The molecule has 0 aliphatic rings. The third kappa shape index (κ3) is 4.95. The molecule has 1 amide bonds. The van der Waals surface area contributed by atoms with Gasteiger partial charge in [0.15, 0.2) is 0 Å². The Labute approximate surface area is 143 Å². The lowest BCUT2D eigenvalue weighted by Gasteiger charge is -2.17. The summed E-state index contributed by atoms with van der Waals surface area (Å²) in [5, 5.41) is 5.10. The zero-order valence-electron chi connectivity index (χ0n) is 12.5. The van der Waals surface area contributed by atoms with Crippen LogP contribution in [0, 0.1) is 11.6 Å². The van der Waals surface area contributed by atoms with Gasteiger partial charge in [0.2, 0.25) is 0 Å². The number of halogens is 3. The molecule has 0 saturated heterocycles. The van der Waals surface area contributed by atoms with Crippen molar-refractivity contribution in [1.82, 2.24) is 10.3 Å². The number of aromatic nitrogens is 1. The number of nitrogens with two attached hydrogens (primary N) is 1. The number of rotatable bonds is 6. The van der Waals surface area contributed by atoms with Gasteiger partial charge in [-0.15, -0.1) is 23.7 Å². The molecule has 4 nitrogen and oxygen atoms in total. The lowest BCUT2D eigenvalue weighted by molar-refractivity contribution is 0.0930. The molecule has 0 fully saturated rings. The number of nitrogens with zero attached hydrogens (tertiary/aromatic N) is 1. The van der Waals surface area contributed by atoms with Crippen LogP contribution in [-0.2, 0) is 6.42 Å². The maximum atomic E-state index is 13.8. The van der Waals surface area contributed by atoms with Crippen molar-refractivity contribution in [1.29, 1.82) is 0 Å². The SMILES string of the molecule is CCC(NC(=O)c1csc(CCN)n1)c1cc(F)ccc1F.Cl. The molecule has 2 aromatic rings. The molecule has 126 valence electrons. The maximum Gasteiger partial charge on any atom is 0.271 e. The molecule has 0 radical (unpaired) electrons. The van der Waals surface area contributed by atoms with Gasteiger partial charge in [-0.1, -0.05) is 6.92 Å². The molecule has 1 unspecified atom stereocenters. The molecule has 1 heterocycles. The van der Waals surface area contributed by atoms with Gasteiger partial charge in [0.1, 0.15) is 17.3 Å². The Balaban J connectivity index is 0.00000264. The number of carbonyl (C=O) groups excluding carboxylic acids is 1. The summed E-state index contributed by atoms with van der Waals surface area (Å²) in [7, 11) is 0. The zero-order valence-corrected chi connectivity index (χ0v) is 14.1. The highest BCUT2D eigenvalue weighted by Gasteiger charge is 2.19. The summed E-state index contributed by atoms with van der Waals surface area (Å²) in [6, 6.07) is 2.60. The number of carbonyl (C=O) groups is 1. The minimum Gasteiger partial charge on any atom is -0.344 e. The first kappa shape index (κ1) is 19.5. The molecular formula is C15H18ClF2N3OS. The minimum absolute atomic E-state index is 0. The van der Waals surface area contributed by atoms with E-state index in [0.717, 1.165) is 23.2 Å². The summed E-state index contributed by atoms with van der Waals surface area (Å²) in [6.45, 7) is 2.25. The van der Waals surface area contributed by atoms with Crippen molar-refractivity contribution in [2.45, 2.75) is 25.8 Å². The van der Waals surface area contributed by atoms with Gasteiger partial charge in [-0.2, -0.15) is 0 Å². The molecule has 0 spiro atoms. The van der Waals surface area contributed by atoms with Crippen LogP contribution in [0.15, 0.2) is 23.6 Å². The lowest BCUT2D eigenvalue weighted by Crippen LogP contribution is -2.29. The van der Waals surface area contributed by atoms with Crippen LogP contribution in [-0.4, -0.2) is 17.4 Å². The lowest BCUT2D eigenvalue weighted by atomic mass is 10.0. The Morgan fingerprint density at radius 3 is 2.83 bits per heavy atom. The second kappa shape index (κ2) is 8.90. The van der Waals surface area contributed by atoms with Gasteiger partial charge in [0.05, 0.1) is 11.0 Å². The van der Waals surface area contributed by atoms with Crippen molar-refractivity contribution in [2.75, 3.05) is 6.54 Å². The van der Waals surface area contributed by atoms with Crippen molar-refractivity contribution in [3.63, 3.8) is 0 Å². The fraction of sp³-hybridized carbons (Fsp3) is 0.333. The van der Waals surface area contributed by atoms with E-state index in [1.807, 2.05) is 0 Å². The molecule has 23 heavy (non-hydrogen) atoms. The first-order chi connectivity index (χ1) is 10.5. The number of benzene rings is 1. The van der Waals surface area contributed by atoms with Gasteiger partial charge < -0.3 is 11.1 Å². The van der Waals surface area contributed by atoms with Crippen LogP contribution in [0.1, 0.15) is 40.4 Å². The molecule has 3 N–H and O–H groups in total. The predicted octanol–water partition coefficient (Wildman–Crippen LogP) is 3.23. The summed E-state index contributed by atoms with van der Waals surface area (Å²) in [6.07, 6.45) is 1.04. The quantitative estimate of drug-likeness (QED) is 0.830. The van der Waals surface area contributed by atoms with Gasteiger partial charge in [-0.3, -0.25) is 4.79 Å². The van der Waals surface area contributed by atoms with Crippen LogP contribution >= 0.6 is 23.7 Å². The second-order valence-corrected chi connectivity index (χ2v) is 5.71. The van der Waals surface area contributed by atoms with Gasteiger partial charge in [-0.05, 0) is 31.2 Å². The molecule has 0 aliphatic heterocycles. The molecule has 0 saturated carbocycles. The van der Waals surface area contributed by atoms with E-state index in [0.29, 0.717) is 19.4 Å². The Kier molecular flexibility index (Phi) is 7.54. The standard InChI is InChI=1S/C15H17F2N3OS.ClH/c1-2-12(10-7-9(16)3-4-11(10)17)20-15(21)13-8-22-14(19-13)5-6-18;/h3-4,7-8,12H,2,5-6,18H2,1H3,(H,20,21);1H. The van der Waals surface area contributed by atoms with Crippen molar-refractivity contribution in [2.24, 2.45) is 5.73 Å². The van der Waals surface area contributed by atoms with Crippen LogP contribution in [0.2, 0.25) is 0 Å². The van der Waals surface area contributed by atoms with E-state index in [-0.39, 0.29) is 23.7 Å². The zero-order chi connectivity index (χ0) is 16.1. The van der Waals surface area contributed by atoms with Gasteiger partial charge in [-0.25, -0.2) is 13.8 Å². The van der Waals surface area contributed by atoms with Gasteiger partial charge in [0.25, 0.3) is 5.91 Å². The molecule has 0 aliphatic carbocycles. The first-order valence-corrected chi connectivity index (χ1v) is 7.83. The van der Waals surface area contributed by atoms with E-state index >= 15 is 0 Å². The second-order valence-electron chi connectivity index (χ2n) is 4.77. The Morgan fingerprint density at radius 1 is 1.43 bits per heavy atom. The highest BCUT2D eigenvalue weighted by Crippen LogP contribution is 2.22. The largest absolute Gasteiger partial charge is 0.344 e. The van der Waals surface area contributed by atoms with Gasteiger partial charge >= 0.3 is 0 Å². The Morgan fingerprint density at radius 2 is 2.17 bits per heavy atom. The highest BCUT2D eigenvalue weighted by atomic mass is 35.5. The van der Waals surface area contributed by atoms with Crippen molar-refractivity contribution in [3.05, 3.63) is 51.5 Å². The minimum atomic E-state index is -0.608. The summed E-state index contributed by atoms with van der Waals surface area (Å²) in [5.74, 6) is -1.49. The third-order valence-electron chi connectivity index (χ3n) is 3.19. The topological polar surface area (TPSA) is 68.0 Å². The van der Waals surface area contributed by atoms with E-state index in [4.69, 9.17) is 5.73 Å². The maximum absolute atomic E-state index is 13.8. The molecule has 1 aromatic heterocycles. The summed E-state index contributed by atoms with van der Waals surface area (Å²) >= 11 is 1.35. The van der Waals surface area contributed by atoms with Gasteiger partial charge in [0, 0.05) is 17.4 Å². The number of amides is 1. The fourth-order valence-electron chi connectivity index (χ4n) is 2.07. The van der Waals surface area contributed by atoms with Crippen molar-refractivity contribution in [3.8, 4) is 0 Å². The monoisotopic (exact) mass is 361 g/mol. The fourth-order valence-corrected chi connectivity index (χ4v) is 2.86. The van der Waals surface area contributed by atoms with Crippen LogP contribution in [0.3, 0.4) is 0 Å². The van der Waals surface area contributed by atoms with E-state index < -0.39 is 23.6 Å². The Hall–Kier alpha value is -1.57. The van der Waals surface area contributed by atoms with Crippen LogP contribution in [0.5, 0.6) is 0 Å². The average molecular weight is 362 g/mol. The number of thiazole rings is 1. The molecular weight excluding hydrogens is 344 g/mol. The van der Waals surface area contributed by atoms with E-state index in [1.54, 1.807) is 12.3 Å². The molecule has 1 atom stereocenters. The number of nitrogens with one attached hydrogen (secondary N) is 1. The summed E-state index contributed by atoms with van der Waals surface area (Å²) in [5.41, 5.74) is 5.84.